The summed E-state index contributed by atoms with van der Waals surface area (Å²) in [6.07, 6.45) is 5.03. The van der Waals surface area contributed by atoms with E-state index in [9.17, 15) is 0 Å². The van der Waals surface area contributed by atoms with Gasteiger partial charge in [0.1, 0.15) is 10.8 Å². The molecule has 0 aliphatic rings. The minimum Gasteiger partial charge on any atom is -0.497 e. The van der Waals surface area contributed by atoms with Gasteiger partial charge in [-0.1, -0.05) is 19.1 Å². The van der Waals surface area contributed by atoms with Crippen LogP contribution in [0.5, 0.6) is 5.75 Å². The predicted molar refractivity (Wildman–Crippen MR) is 106 cm³/mol. The summed E-state index contributed by atoms with van der Waals surface area (Å²) in [6, 6.07) is 8.23. The molecule has 0 saturated heterocycles. The van der Waals surface area contributed by atoms with Crippen LogP contribution in [0.15, 0.2) is 35.5 Å². The third-order valence-corrected chi connectivity index (χ3v) is 4.86. The highest BCUT2D eigenvalue weighted by molar-refractivity contribution is 7.11. The van der Waals surface area contributed by atoms with Crippen LogP contribution in [0.1, 0.15) is 35.7 Å². The molecule has 136 valence electrons. The van der Waals surface area contributed by atoms with Gasteiger partial charge in [0.05, 0.1) is 13.7 Å². The Labute approximate surface area is 154 Å². The number of methoxy groups -OCH3 is 1. The van der Waals surface area contributed by atoms with Gasteiger partial charge in [0.15, 0.2) is 5.96 Å². The predicted octanol–water partition coefficient (Wildman–Crippen LogP) is 3.40. The van der Waals surface area contributed by atoms with E-state index in [1.807, 2.05) is 18.3 Å². The van der Waals surface area contributed by atoms with Gasteiger partial charge in [0, 0.05) is 24.2 Å². The molecular weight excluding hydrogens is 332 g/mol. The number of nitrogens with zero attached hydrogens (tertiary/aromatic N) is 2. The van der Waals surface area contributed by atoms with Crippen LogP contribution in [0, 0.1) is 0 Å². The molecule has 0 atom stereocenters. The first-order valence-electron chi connectivity index (χ1n) is 8.83. The number of benzene rings is 1. The van der Waals surface area contributed by atoms with Crippen molar-refractivity contribution in [1.29, 1.82) is 0 Å². The molecule has 1 aromatic heterocycles. The van der Waals surface area contributed by atoms with Gasteiger partial charge in [-0.15, -0.1) is 11.3 Å². The first-order chi connectivity index (χ1) is 12.2. The second-order valence-corrected chi connectivity index (χ2v) is 6.85. The number of nitrogens with one attached hydrogen (secondary N) is 2. The summed E-state index contributed by atoms with van der Waals surface area (Å²) in [5, 5.41) is 7.74. The summed E-state index contributed by atoms with van der Waals surface area (Å²) >= 11 is 1.74. The van der Waals surface area contributed by atoms with Gasteiger partial charge in [-0.25, -0.2) is 9.98 Å². The summed E-state index contributed by atoms with van der Waals surface area (Å²) < 4.78 is 5.27. The smallest absolute Gasteiger partial charge is 0.191 e. The highest BCUT2D eigenvalue weighted by atomic mass is 32.1. The van der Waals surface area contributed by atoms with Crippen molar-refractivity contribution in [1.82, 2.24) is 15.6 Å². The number of rotatable bonds is 9. The molecular formula is C19H28N4OS. The Morgan fingerprint density at radius 2 is 2.16 bits per heavy atom. The largest absolute Gasteiger partial charge is 0.497 e. The lowest BCUT2D eigenvalue weighted by Gasteiger charge is -2.11. The van der Waals surface area contributed by atoms with Crippen LogP contribution < -0.4 is 15.4 Å². The van der Waals surface area contributed by atoms with Crippen LogP contribution in [-0.2, 0) is 19.4 Å². The molecule has 1 heterocycles. The van der Waals surface area contributed by atoms with Crippen LogP contribution in [-0.4, -0.2) is 31.1 Å². The Bertz CT molecular complexity index is 669. The Balaban J connectivity index is 1.79. The molecule has 0 saturated carbocycles. The molecule has 0 unspecified atom stereocenters. The lowest BCUT2D eigenvalue weighted by atomic mass is 10.1. The fourth-order valence-corrected chi connectivity index (χ4v) is 3.19. The van der Waals surface area contributed by atoms with Crippen molar-refractivity contribution in [2.75, 3.05) is 20.2 Å². The number of hydrogen-bond donors (Lipinski definition) is 2. The fraction of sp³-hybridized carbons (Fsp3) is 0.474. The van der Waals surface area contributed by atoms with Gasteiger partial charge in [0.25, 0.3) is 0 Å². The zero-order chi connectivity index (χ0) is 17.9. The minimum atomic E-state index is 0.621. The van der Waals surface area contributed by atoms with Crippen molar-refractivity contribution in [3.63, 3.8) is 0 Å². The van der Waals surface area contributed by atoms with Crippen molar-refractivity contribution in [2.24, 2.45) is 4.99 Å². The normalized spacial score (nSPS) is 11.4. The van der Waals surface area contributed by atoms with Crippen LogP contribution in [0.3, 0.4) is 0 Å². The highest BCUT2D eigenvalue weighted by Gasteiger charge is 2.02. The highest BCUT2D eigenvalue weighted by Crippen LogP contribution is 2.14. The van der Waals surface area contributed by atoms with E-state index in [-0.39, 0.29) is 0 Å². The van der Waals surface area contributed by atoms with E-state index in [1.54, 1.807) is 18.4 Å². The average molecular weight is 361 g/mol. The Morgan fingerprint density at radius 3 is 2.88 bits per heavy atom. The average Bonchev–Trinajstić information content (AvgIpc) is 3.11. The van der Waals surface area contributed by atoms with Gasteiger partial charge in [0.2, 0.25) is 0 Å². The van der Waals surface area contributed by atoms with Gasteiger partial charge >= 0.3 is 0 Å². The van der Waals surface area contributed by atoms with Crippen molar-refractivity contribution >= 4 is 17.3 Å². The summed E-state index contributed by atoms with van der Waals surface area (Å²) in [5.74, 6) is 1.76. The topological polar surface area (TPSA) is 58.5 Å². The van der Waals surface area contributed by atoms with Gasteiger partial charge in [-0.3, -0.25) is 0 Å². The number of aryl methyl sites for hydroxylation is 2. The SMILES string of the molecule is CCNC(=NCc1ncc(CC)s1)NCCCc1cccc(OC)c1. The van der Waals surface area contributed by atoms with E-state index in [4.69, 9.17) is 4.74 Å². The second-order valence-electron chi connectivity index (χ2n) is 5.65. The van der Waals surface area contributed by atoms with Crippen molar-refractivity contribution < 1.29 is 4.74 Å². The number of aliphatic imine (C=N–C) groups is 1. The van der Waals surface area contributed by atoms with Crippen LogP contribution >= 0.6 is 11.3 Å². The third kappa shape index (κ3) is 6.74. The van der Waals surface area contributed by atoms with E-state index in [0.29, 0.717) is 6.54 Å². The lowest BCUT2D eigenvalue weighted by Crippen LogP contribution is -2.37. The molecule has 0 spiro atoms. The molecule has 0 radical (unpaired) electrons. The number of thiazole rings is 1. The summed E-state index contributed by atoms with van der Waals surface area (Å²) in [6.45, 7) is 6.57. The molecule has 25 heavy (non-hydrogen) atoms. The van der Waals surface area contributed by atoms with Crippen molar-refractivity contribution in [3.8, 4) is 5.75 Å². The molecule has 5 nitrogen and oxygen atoms in total. The molecule has 0 bridgehead atoms. The first-order valence-corrected chi connectivity index (χ1v) is 9.65. The van der Waals surface area contributed by atoms with E-state index >= 15 is 0 Å². The van der Waals surface area contributed by atoms with Crippen molar-refractivity contribution in [3.05, 3.63) is 45.9 Å². The number of hydrogen-bond acceptors (Lipinski definition) is 4. The molecule has 2 aromatic rings. The number of aromatic nitrogens is 1. The number of ether oxygens (including phenoxy) is 1. The standard InChI is InChI=1S/C19H28N4OS/c1-4-17-13-22-18(25-17)14-23-19(20-5-2)21-11-7-9-15-8-6-10-16(12-15)24-3/h6,8,10,12-13H,4-5,7,9,11,14H2,1-3H3,(H2,20,21,23). The van der Waals surface area contributed by atoms with Crippen molar-refractivity contribution in [2.45, 2.75) is 39.7 Å². The minimum absolute atomic E-state index is 0.621. The fourth-order valence-electron chi connectivity index (χ4n) is 2.40. The van der Waals surface area contributed by atoms with Crippen LogP contribution in [0.2, 0.25) is 0 Å². The van der Waals surface area contributed by atoms with Gasteiger partial charge in [-0.2, -0.15) is 0 Å². The molecule has 0 aliphatic heterocycles. The summed E-state index contributed by atoms with van der Waals surface area (Å²) in [4.78, 5) is 10.3. The molecule has 6 heteroatoms. The zero-order valence-corrected chi connectivity index (χ0v) is 16.2. The third-order valence-electron chi connectivity index (χ3n) is 3.74. The molecule has 0 amide bonds. The zero-order valence-electron chi connectivity index (χ0n) is 15.3. The first kappa shape index (κ1) is 19.2. The van der Waals surface area contributed by atoms with E-state index in [1.165, 1.54) is 10.4 Å². The van der Waals surface area contributed by atoms with E-state index < -0.39 is 0 Å². The quantitative estimate of drug-likeness (QED) is 0.409. The van der Waals surface area contributed by atoms with Gasteiger partial charge < -0.3 is 15.4 Å². The molecule has 0 fully saturated rings. The molecule has 2 rings (SSSR count). The summed E-state index contributed by atoms with van der Waals surface area (Å²) in [5.41, 5.74) is 1.29. The molecule has 2 N–H and O–H groups in total. The Kier molecular flexibility index (Phi) is 8.25. The molecule has 0 aliphatic carbocycles. The van der Waals surface area contributed by atoms with Crippen LogP contribution in [0.25, 0.3) is 0 Å². The van der Waals surface area contributed by atoms with Crippen LogP contribution in [0.4, 0.5) is 0 Å². The lowest BCUT2D eigenvalue weighted by molar-refractivity contribution is 0.414. The molecule has 1 aromatic carbocycles. The number of guanidine groups is 1. The summed E-state index contributed by atoms with van der Waals surface area (Å²) in [7, 11) is 1.70. The Hall–Kier alpha value is -2.08. The maximum absolute atomic E-state index is 5.27. The van der Waals surface area contributed by atoms with Gasteiger partial charge in [-0.05, 0) is 43.9 Å². The monoisotopic (exact) mass is 360 g/mol. The van der Waals surface area contributed by atoms with E-state index in [0.717, 1.165) is 49.1 Å². The Morgan fingerprint density at radius 1 is 1.28 bits per heavy atom. The second kappa shape index (κ2) is 10.7. The van der Waals surface area contributed by atoms with E-state index in [2.05, 4.69) is 46.6 Å². The maximum Gasteiger partial charge on any atom is 0.191 e. The maximum atomic E-state index is 5.27.